The minimum absolute atomic E-state index is 0.322. The molecule has 2 aliphatic rings. The van der Waals surface area contributed by atoms with E-state index in [1.807, 2.05) is 32.9 Å². The van der Waals surface area contributed by atoms with Gasteiger partial charge in [0.15, 0.2) is 16.1 Å². The molecule has 0 bridgehead atoms. The first-order valence-electron chi connectivity index (χ1n) is 8.17. The Morgan fingerprint density at radius 1 is 1.27 bits per heavy atom. The molecule has 0 saturated carbocycles. The topological polar surface area (TPSA) is 82.6 Å². The standard InChI is InChI=1S/C18H24N4O2S2/c1-12(13(2)20-14(3)25)17-10-11-19-18(22-17)21-15-6-5-7-16(9-8-15)26(4,23)24/h6-11,18,21-22H,5H2,1-4H3,(H,20,25)/b13-12+. The average Bonchev–Trinajstić information content (AvgIpc) is 2.79. The Morgan fingerprint density at radius 3 is 2.65 bits per heavy atom. The van der Waals surface area contributed by atoms with E-state index in [-0.39, 0.29) is 6.29 Å². The summed E-state index contributed by atoms with van der Waals surface area (Å²) >= 11 is 5.09. The van der Waals surface area contributed by atoms with E-state index in [9.17, 15) is 8.42 Å². The van der Waals surface area contributed by atoms with Gasteiger partial charge in [0.25, 0.3) is 0 Å². The predicted octanol–water partition coefficient (Wildman–Crippen LogP) is 2.42. The molecule has 0 aromatic carbocycles. The lowest BCUT2D eigenvalue weighted by Crippen LogP contribution is -2.41. The van der Waals surface area contributed by atoms with E-state index in [4.69, 9.17) is 12.2 Å². The summed E-state index contributed by atoms with van der Waals surface area (Å²) in [5.41, 5.74) is 3.76. The molecule has 26 heavy (non-hydrogen) atoms. The lowest BCUT2D eigenvalue weighted by molar-refractivity contribution is 0.527. The van der Waals surface area contributed by atoms with Crippen molar-refractivity contribution < 1.29 is 8.42 Å². The fraction of sp³-hybridized carbons (Fsp3) is 0.333. The molecule has 0 saturated heterocycles. The maximum absolute atomic E-state index is 11.7. The van der Waals surface area contributed by atoms with Crippen molar-refractivity contribution in [2.45, 2.75) is 33.5 Å². The van der Waals surface area contributed by atoms with Crippen molar-refractivity contribution in [1.29, 1.82) is 0 Å². The largest absolute Gasteiger partial charge is 0.354 e. The molecule has 0 aromatic heterocycles. The van der Waals surface area contributed by atoms with Crippen LogP contribution in [-0.4, -0.2) is 32.2 Å². The minimum Gasteiger partial charge on any atom is -0.354 e. The Bertz CT molecular complexity index is 875. The molecular formula is C18H24N4O2S2. The van der Waals surface area contributed by atoms with Gasteiger partial charge < -0.3 is 16.0 Å². The predicted molar refractivity (Wildman–Crippen MR) is 111 cm³/mol. The van der Waals surface area contributed by atoms with Crippen LogP contribution in [0.25, 0.3) is 0 Å². The molecular weight excluding hydrogens is 368 g/mol. The Balaban J connectivity index is 2.05. The van der Waals surface area contributed by atoms with Gasteiger partial charge in [0.1, 0.15) is 0 Å². The molecule has 0 spiro atoms. The number of aliphatic imine (C=N–C) groups is 1. The van der Waals surface area contributed by atoms with Crippen molar-refractivity contribution >= 4 is 33.3 Å². The molecule has 1 atom stereocenters. The second-order valence-corrected chi connectivity index (χ2v) is 8.74. The third kappa shape index (κ3) is 5.67. The molecule has 1 aliphatic carbocycles. The van der Waals surface area contributed by atoms with Crippen molar-refractivity contribution in [2.75, 3.05) is 6.26 Å². The molecule has 6 nitrogen and oxygen atoms in total. The van der Waals surface area contributed by atoms with Crippen LogP contribution in [0.3, 0.4) is 0 Å². The number of nitrogens with zero attached hydrogens (tertiary/aromatic N) is 1. The summed E-state index contributed by atoms with van der Waals surface area (Å²) in [6, 6.07) is 0. The molecule has 0 fully saturated rings. The molecule has 1 aliphatic heterocycles. The summed E-state index contributed by atoms with van der Waals surface area (Å²) in [4.78, 5) is 5.41. The van der Waals surface area contributed by atoms with E-state index < -0.39 is 9.84 Å². The van der Waals surface area contributed by atoms with Gasteiger partial charge in [-0.15, -0.1) is 0 Å². The molecule has 8 heteroatoms. The van der Waals surface area contributed by atoms with Gasteiger partial charge in [-0.05, 0) is 51.0 Å². The van der Waals surface area contributed by atoms with Crippen molar-refractivity contribution in [2.24, 2.45) is 4.99 Å². The van der Waals surface area contributed by atoms with Crippen LogP contribution in [0.5, 0.6) is 0 Å². The van der Waals surface area contributed by atoms with E-state index in [0.717, 1.165) is 22.7 Å². The maximum Gasteiger partial charge on any atom is 0.194 e. The Labute approximate surface area is 160 Å². The van der Waals surface area contributed by atoms with Crippen LogP contribution in [-0.2, 0) is 9.84 Å². The van der Waals surface area contributed by atoms with Crippen LogP contribution >= 0.6 is 12.2 Å². The van der Waals surface area contributed by atoms with Crippen LogP contribution in [0, 0.1) is 0 Å². The van der Waals surface area contributed by atoms with Crippen LogP contribution < -0.4 is 16.0 Å². The normalized spacial score (nSPS) is 20.8. The quantitative estimate of drug-likeness (QED) is 0.624. The second-order valence-electron chi connectivity index (χ2n) is 6.11. The first kappa shape index (κ1) is 20.1. The molecule has 1 heterocycles. The van der Waals surface area contributed by atoms with Crippen molar-refractivity contribution in [3.05, 3.63) is 57.9 Å². The highest BCUT2D eigenvalue weighted by Crippen LogP contribution is 2.16. The zero-order valence-electron chi connectivity index (χ0n) is 15.3. The highest BCUT2D eigenvalue weighted by Gasteiger charge is 2.15. The van der Waals surface area contributed by atoms with Crippen LogP contribution in [0.1, 0.15) is 27.2 Å². The molecule has 3 N–H and O–H groups in total. The van der Waals surface area contributed by atoms with Crippen molar-refractivity contribution in [1.82, 2.24) is 16.0 Å². The van der Waals surface area contributed by atoms with Gasteiger partial charge in [0.05, 0.1) is 9.89 Å². The second kappa shape index (κ2) is 8.46. The van der Waals surface area contributed by atoms with Crippen molar-refractivity contribution in [3.63, 3.8) is 0 Å². The van der Waals surface area contributed by atoms with E-state index in [1.165, 1.54) is 6.26 Å². The van der Waals surface area contributed by atoms with E-state index >= 15 is 0 Å². The van der Waals surface area contributed by atoms with E-state index in [2.05, 4.69) is 20.9 Å². The summed E-state index contributed by atoms with van der Waals surface area (Å²) in [6.45, 7) is 5.81. The van der Waals surface area contributed by atoms with Gasteiger partial charge in [0, 0.05) is 29.6 Å². The highest BCUT2D eigenvalue weighted by atomic mass is 32.2. The van der Waals surface area contributed by atoms with Gasteiger partial charge in [-0.1, -0.05) is 24.4 Å². The molecule has 0 amide bonds. The number of thiocarbonyl (C=S) groups is 1. The summed E-state index contributed by atoms with van der Waals surface area (Å²) in [6.07, 6.45) is 12.0. The van der Waals surface area contributed by atoms with Gasteiger partial charge in [-0.2, -0.15) is 0 Å². The van der Waals surface area contributed by atoms with Crippen LogP contribution in [0.2, 0.25) is 0 Å². The van der Waals surface area contributed by atoms with E-state index in [1.54, 1.807) is 24.4 Å². The van der Waals surface area contributed by atoms with Gasteiger partial charge >= 0.3 is 0 Å². The monoisotopic (exact) mass is 392 g/mol. The molecule has 0 aromatic rings. The lowest BCUT2D eigenvalue weighted by Gasteiger charge is -2.24. The smallest absolute Gasteiger partial charge is 0.194 e. The summed E-state index contributed by atoms with van der Waals surface area (Å²) in [5.74, 6) is 0. The SMILES string of the molecule is CC(=S)N/C(C)=C(\C)C1=CC=NC(NC2=CCC=C(S(C)(=O)=O)C=C2)N1. The number of hydrogen-bond donors (Lipinski definition) is 3. The number of sulfone groups is 1. The highest BCUT2D eigenvalue weighted by molar-refractivity contribution is 7.94. The van der Waals surface area contributed by atoms with Gasteiger partial charge in [-0.25, -0.2) is 13.4 Å². The maximum atomic E-state index is 11.7. The van der Waals surface area contributed by atoms with Gasteiger partial charge in [-0.3, -0.25) is 0 Å². The summed E-state index contributed by atoms with van der Waals surface area (Å²) in [7, 11) is -3.21. The fourth-order valence-corrected chi connectivity index (χ4v) is 3.32. The first-order valence-corrected chi connectivity index (χ1v) is 10.5. The third-order valence-electron chi connectivity index (χ3n) is 3.91. The summed E-state index contributed by atoms with van der Waals surface area (Å²) < 4.78 is 23.3. The number of hydrogen-bond acceptors (Lipinski definition) is 6. The van der Waals surface area contributed by atoms with Gasteiger partial charge in [0.2, 0.25) is 0 Å². The Hall–Kier alpha value is -2.19. The molecule has 2 rings (SSSR count). The zero-order chi connectivity index (χ0) is 19.3. The molecule has 1 unspecified atom stereocenters. The Morgan fingerprint density at radius 2 is 2.00 bits per heavy atom. The fourth-order valence-electron chi connectivity index (χ4n) is 2.45. The van der Waals surface area contributed by atoms with E-state index in [0.29, 0.717) is 16.3 Å². The first-order chi connectivity index (χ1) is 12.2. The number of nitrogens with one attached hydrogen (secondary N) is 3. The number of rotatable bonds is 5. The zero-order valence-corrected chi connectivity index (χ0v) is 17.0. The number of allylic oxidation sites excluding steroid dienone is 7. The average molecular weight is 393 g/mol. The lowest BCUT2D eigenvalue weighted by atomic mass is 10.1. The Kier molecular flexibility index (Phi) is 6.55. The van der Waals surface area contributed by atoms with Crippen molar-refractivity contribution in [3.8, 4) is 0 Å². The minimum atomic E-state index is -3.21. The van der Waals surface area contributed by atoms with Crippen LogP contribution in [0.15, 0.2) is 62.9 Å². The molecule has 0 radical (unpaired) electrons. The molecule has 140 valence electrons. The van der Waals surface area contributed by atoms with Crippen LogP contribution in [0.4, 0.5) is 0 Å². The third-order valence-corrected chi connectivity index (χ3v) is 5.18. The summed E-state index contributed by atoms with van der Waals surface area (Å²) in [5, 5.41) is 9.72.